The number of carbonyl (C=O) groups excluding carboxylic acids is 2. The highest BCUT2D eigenvalue weighted by atomic mass is 16.5. The lowest BCUT2D eigenvalue weighted by Gasteiger charge is -2.30. The molecule has 1 aromatic rings. The Morgan fingerprint density at radius 3 is 2.67 bits per heavy atom. The van der Waals surface area contributed by atoms with Gasteiger partial charge in [-0.25, -0.2) is 4.98 Å². The van der Waals surface area contributed by atoms with Gasteiger partial charge in [0.2, 0.25) is 5.91 Å². The minimum Gasteiger partial charge on any atom is -0.377 e. The lowest BCUT2D eigenvalue weighted by molar-refractivity contribution is -0.129. The van der Waals surface area contributed by atoms with Crippen molar-refractivity contribution in [2.45, 2.75) is 33.3 Å². The quantitative estimate of drug-likeness (QED) is 0.784. The molecule has 2 amide bonds. The highest BCUT2D eigenvalue weighted by Crippen LogP contribution is 2.34. The van der Waals surface area contributed by atoms with Crippen molar-refractivity contribution < 1.29 is 14.3 Å². The van der Waals surface area contributed by atoms with Gasteiger partial charge in [-0.2, -0.15) is 0 Å². The van der Waals surface area contributed by atoms with Crippen molar-refractivity contribution in [3.05, 3.63) is 18.2 Å². The van der Waals surface area contributed by atoms with Crippen LogP contribution in [0.5, 0.6) is 0 Å². The maximum Gasteiger partial charge on any atom is 0.289 e. The predicted molar refractivity (Wildman–Crippen MR) is 76.1 cm³/mol. The predicted octanol–water partition coefficient (Wildman–Crippen LogP) is 0.632. The van der Waals surface area contributed by atoms with Crippen LogP contribution in [0.15, 0.2) is 12.5 Å². The van der Waals surface area contributed by atoms with Crippen LogP contribution in [0.1, 0.15) is 37.7 Å². The summed E-state index contributed by atoms with van der Waals surface area (Å²) >= 11 is 0. The fraction of sp³-hybridized carbons (Fsp3) is 0.643. The number of hydrazine groups is 1. The molecule has 0 spiro atoms. The Labute approximate surface area is 124 Å². The van der Waals surface area contributed by atoms with Crippen LogP contribution in [-0.2, 0) is 16.6 Å². The Hall–Kier alpha value is -1.89. The molecule has 7 heteroatoms. The number of aryl methyl sites for hydroxylation is 1. The number of hydrogen-bond acceptors (Lipinski definition) is 4. The first-order chi connectivity index (χ1) is 9.79. The molecule has 1 aliphatic heterocycles. The minimum absolute atomic E-state index is 0.122. The van der Waals surface area contributed by atoms with E-state index in [4.69, 9.17) is 4.74 Å². The fourth-order valence-electron chi connectivity index (χ4n) is 2.52. The van der Waals surface area contributed by atoms with Gasteiger partial charge in [-0.1, -0.05) is 20.8 Å². The number of hydrogen-bond donors (Lipinski definition) is 2. The Kier molecular flexibility index (Phi) is 4.32. The number of imidazole rings is 1. The molecule has 0 aliphatic carbocycles. The standard InChI is InChI=1S/C14H22N4O3/c1-14(2,3)11-9(5-6-21-11)12(19)16-17-13(20)10-7-18(4)8-15-10/h7-9,11H,5-6H2,1-4H3,(H,16,19)(H,17,20)/t9-,11-/m1/s1. The molecule has 1 saturated heterocycles. The van der Waals surface area contributed by atoms with E-state index in [0.717, 1.165) is 0 Å². The van der Waals surface area contributed by atoms with Gasteiger partial charge in [0.05, 0.1) is 18.3 Å². The van der Waals surface area contributed by atoms with Crippen LogP contribution in [0.25, 0.3) is 0 Å². The smallest absolute Gasteiger partial charge is 0.289 e. The van der Waals surface area contributed by atoms with E-state index in [1.165, 1.54) is 6.33 Å². The molecular formula is C14H22N4O3. The van der Waals surface area contributed by atoms with Crippen molar-refractivity contribution >= 4 is 11.8 Å². The molecule has 0 radical (unpaired) electrons. The number of nitrogens with one attached hydrogen (secondary N) is 2. The van der Waals surface area contributed by atoms with E-state index in [-0.39, 0.29) is 29.0 Å². The van der Waals surface area contributed by atoms with Crippen LogP contribution in [0.3, 0.4) is 0 Å². The Bertz CT molecular complexity index is 533. The summed E-state index contributed by atoms with van der Waals surface area (Å²) in [4.78, 5) is 28.0. The Balaban J connectivity index is 1.91. The van der Waals surface area contributed by atoms with Gasteiger partial charge in [0, 0.05) is 19.9 Å². The van der Waals surface area contributed by atoms with Gasteiger partial charge in [-0.3, -0.25) is 20.4 Å². The van der Waals surface area contributed by atoms with Gasteiger partial charge in [0.25, 0.3) is 5.91 Å². The number of carbonyl (C=O) groups is 2. The first-order valence-electron chi connectivity index (χ1n) is 6.99. The van der Waals surface area contributed by atoms with Gasteiger partial charge in [-0.15, -0.1) is 0 Å². The maximum atomic E-state index is 12.2. The average molecular weight is 294 g/mol. The molecule has 2 rings (SSSR count). The number of amides is 2. The van der Waals surface area contributed by atoms with E-state index < -0.39 is 5.91 Å². The first kappa shape index (κ1) is 15.5. The number of aromatic nitrogens is 2. The third-order valence-corrected chi connectivity index (χ3v) is 3.52. The topological polar surface area (TPSA) is 85.3 Å². The van der Waals surface area contributed by atoms with Gasteiger partial charge >= 0.3 is 0 Å². The van der Waals surface area contributed by atoms with Crippen molar-refractivity contribution in [1.29, 1.82) is 0 Å². The van der Waals surface area contributed by atoms with Crippen molar-refractivity contribution in [3.63, 3.8) is 0 Å². The van der Waals surface area contributed by atoms with Crippen LogP contribution < -0.4 is 10.9 Å². The molecule has 116 valence electrons. The second-order valence-corrected chi connectivity index (χ2v) is 6.42. The summed E-state index contributed by atoms with van der Waals surface area (Å²) in [5, 5.41) is 0. The monoisotopic (exact) mass is 294 g/mol. The van der Waals surface area contributed by atoms with Gasteiger partial charge in [-0.05, 0) is 11.8 Å². The Morgan fingerprint density at radius 2 is 2.10 bits per heavy atom. The summed E-state index contributed by atoms with van der Waals surface area (Å²) in [5.41, 5.74) is 4.99. The molecule has 1 aromatic heterocycles. The maximum absolute atomic E-state index is 12.2. The van der Waals surface area contributed by atoms with E-state index in [2.05, 4.69) is 15.8 Å². The van der Waals surface area contributed by atoms with E-state index in [0.29, 0.717) is 13.0 Å². The first-order valence-corrected chi connectivity index (χ1v) is 6.99. The van der Waals surface area contributed by atoms with Crippen molar-refractivity contribution in [3.8, 4) is 0 Å². The molecule has 21 heavy (non-hydrogen) atoms. The molecule has 2 heterocycles. The van der Waals surface area contributed by atoms with Crippen molar-refractivity contribution in [1.82, 2.24) is 20.4 Å². The van der Waals surface area contributed by atoms with Crippen molar-refractivity contribution in [2.24, 2.45) is 18.4 Å². The molecule has 0 bridgehead atoms. The molecule has 0 unspecified atom stereocenters. The molecule has 7 nitrogen and oxygen atoms in total. The highest BCUT2D eigenvalue weighted by Gasteiger charge is 2.41. The summed E-state index contributed by atoms with van der Waals surface area (Å²) in [7, 11) is 1.77. The molecule has 2 N–H and O–H groups in total. The van der Waals surface area contributed by atoms with Gasteiger partial charge in [0.1, 0.15) is 5.69 Å². The van der Waals surface area contributed by atoms with Crippen LogP contribution in [0.4, 0.5) is 0 Å². The molecule has 1 fully saturated rings. The normalized spacial score (nSPS) is 22.1. The summed E-state index contributed by atoms with van der Waals surface area (Å²) in [5.74, 6) is -0.916. The third kappa shape index (κ3) is 3.60. The SMILES string of the molecule is Cn1cnc(C(=O)NNC(=O)[C@@H]2CCO[C@H]2C(C)(C)C)c1. The second kappa shape index (κ2) is 5.85. The number of nitrogens with zero attached hydrogens (tertiary/aromatic N) is 2. The highest BCUT2D eigenvalue weighted by molar-refractivity contribution is 5.93. The average Bonchev–Trinajstić information content (AvgIpc) is 3.03. The van der Waals surface area contributed by atoms with Gasteiger partial charge in [0.15, 0.2) is 0 Å². The van der Waals surface area contributed by atoms with E-state index >= 15 is 0 Å². The second-order valence-electron chi connectivity index (χ2n) is 6.42. The molecular weight excluding hydrogens is 272 g/mol. The van der Waals surface area contributed by atoms with Crippen LogP contribution in [-0.4, -0.2) is 34.1 Å². The number of rotatable bonds is 2. The summed E-state index contributed by atoms with van der Waals surface area (Å²) < 4.78 is 7.32. The molecule has 2 atom stereocenters. The van der Waals surface area contributed by atoms with Gasteiger partial charge < -0.3 is 9.30 Å². The Morgan fingerprint density at radius 1 is 1.38 bits per heavy atom. The zero-order chi connectivity index (χ0) is 15.6. The van der Waals surface area contributed by atoms with Crippen LogP contribution in [0.2, 0.25) is 0 Å². The molecule has 0 saturated carbocycles. The van der Waals surface area contributed by atoms with Crippen molar-refractivity contribution in [2.75, 3.05) is 6.61 Å². The summed E-state index contributed by atoms with van der Waals surface area (Å²) in [6.45, 7) is 6.68. The summed E-state index contributed by atoms with van der Waals surface area (Å²) in [6, 6.07) is 0. The van der Waals surface area contributed by atoms with E-state index in [9.17, 15) is 9.59 Å². The molecule has 0 aromatic carbocycles. The summed E-state index contributed by atoms with van der Waals surface area (Å²) in [6.07, 6.45) is 3.62. The number of ether oxygens (including phenoxy) is 1. The van der Waals surface area contributed by atoms with Crippen LogP contribution >= 0.6 is 0 Å². The fourth-order valence-corrected chi connectivity index (χ4v) is 2.52. The largest absolute Gasteiger partial charge is 0.377 e. The lowest BCUT2D eigenvalue weighted by atomic mass is 9.81. The molecule has 1 aliphatic rings. The zero-order valence-corrected chi connectivity index (χ0v) is 12.8. The lowest BCUT2D eigenvalue weighted by Crippen LogP contribution is -2.48. The minimum atomic E-state index is -0.435. The van der Waals surface area contributed by atoms with Crippen LogP contribution in [0, 0.1) is 11.3 Å². The van der Waals surface area contributed by atoms with E-state index in [1.807, 2.05) is 20.8 Å². The van der Waals surface area contributed by atoms with E-state index in [1.54, 1.807) is 17.8 Å². The zero-order valence-electron chi connectivity index (χ0n) is 12.8. The third-order valence-electron chi connectivity index (χ3n) is 3.52.